The lowest BCUT2D eigenvalue weighted by molar-refractivity contribution is -0.386. The Balaban J connectivity index is 2.27. The first-order chi connectivity index (χ1) is 8.56. The number of nitrogens with zero attached hydrogens (tertiary/aromatic N) is 1. The van der Waals surface area contributed by atoms with Gasteiger partial charge in [-0.2, -0.15) is 0 Å². The number of benzene rings is 2. The molecule has 1 N–H and O–H groups in total. The Kier molecular flexibility index (Phi) is 3.53. The molecule has 0 saturated carbocycles. The zero-order valence-corrected chi connectivity index (χ0v) is 10.5. The average Bonchev–Trinajstić information content (AvgIpc) is 2.34. The molecular formula is C13H11NO3S. The van der Waals surface area contributed by atoms with E-state index in [1.165, 1.54) is 23.9 Å². The molecule has 2 rings (SSSR count). The van der Waals surface area contributed by atoms with Crippen LogP contribution >= 0.6 is 11.8 Å². The van der Waals surface area contributed by atoms with E-state index >= 15 is 0 Å². The molecule has 0 saturated heterocycles. The van der Waals surface area contributed by atoms with Crippen LogP contribution in [0, 0.1) is 17.0 Å². The number of phenolic OH excluding ortho intramolecular Hbond substituents is 1. The van der Waals surface area contributed by atoms with Crippen molar-refractivity contribution < 1.29 is 10.0 Å². The third-order valence-electron chi connectivity index (χ3n) is 2.40. The van der Waals surface area contributed by atoms with Gasteiger partial charge in [-0.3, -0.25) is 10.1 Å². The summed E-state index contributed by atoms with van der Waals surface area (Å²) in [5, 5.41) is 20.1. The second kappa shape index (κ2) is 5.10. The minimum Gasteiger partial charge on any atom is -0.502 e. The lowest BCUT2D eigenvalue weighted by Gasteiger charge is -2.03. The molecule has 5 heteroatoms. The van der Waals surface area contributed by atoms with E-state index in [4.69, 9.17) is 0 Å². The Morgan fingerprint density at radius 2 is 1.72 bits per heavy atom. The molecule has 0 unspecified atom stereocenters. The highest BCUT2D eigenvalue weighted by atomic mass is 32.2. The molecule has 0 amide bonds. The monoisotopic (exact) mass is 261 g/mol. The molecule has 0 fully saturated rings. The molecule has 0 aliphatic carbocycles. The summed E-state index contributed by atoms with van der Waals surface area (Å²) >= 11 is 1.42. The van der Waals surface area contributed by atoms with E-state index in [-0.39, 0.29) is 11.4 Å². The van der Waals surface area contributed by atoms with Gasteiger partial charge in [-0.1, -0.05) is 29.5 Å². The molecule has 0 bridgehead atoms. The van der Waals surface area contributed by atoms with Gasteiger partial charge < -0.3 is 5.11 Å². The van der Waals surface area contributed by atoms with E-state index in [2.05, 4.69) is 0 Å². The highest BCUT2D eigenvalue weighted by Gasteiger charge is 2.13. The lowest BCUT2D eigenvalue weighted by Crippen LogP contribution is -1.88. The molecule has 0 spiro atoms. The third kappa shape index (κ3) is 2.81. The van der Waals surface area contributed by atoms with Crippen LogP contribution in [0.15, 0.2) is 52.3 Å². The zero-order valence-electron chi connectivity index (χ0n) is 9.66. The summed E-state index contributed by atoms with van der Waals surface area (Å²) in [5.74, 6) is -0.312. The highest BCUT2D eigenvalue weighted by molar-refractivity contribution is 7.99. The molecule has 0 heterocycles. The normalized spacial score (nSPS) is 10.3. The predicted octanol–water partition coefficient (Wildman–Crippen LogP) is 3.76. The molecule has 0 aliphatic heterocycles. The van der Waals surface area contributed by atoms with Gasteiger partial charge in [-0.15, -0.1) is 0 Å². The van der Waals surface area contributed by atoms with Gasteiger partial charge >= 0.3 is 5.69 Å². The first kappa shape index (κ1) is 12.4. The van der Waals surface area contributed by atoms with Gasteiger partial charge in [-0.25, -0.2) is 0 Å². The van der Waals surface area contributed by atoms with Gasteiger partial charge in [0.2, 0.25) is 0 Å². The molecule has 0 atom stereocenters. The van der Waals surface area contributed by atoms with Crippen molar-refractivity contribution in [3.63, 3.8) is 0 Å². The van der Waals surface area contributed by atoms with Crippen molar-refractivity contribution in [3.05, 3.63) is 58.1 Å². The van der Waals surface area contributed by atoms with Crippen LogP contribution in [-0.4, -0.2) is 10.0 Å². The van der Waals surface area contributed by atoms with Crippen molar-refractivity contribution >= 4 is 17.4 Å². The first-order valence-corrected chi connectivity index (χ1v) is 6.10. The summed E-state index contributed by atoms with van der Waals surface area (Å²) in [6.07, 6.45) is 0. The summed E-state index contributed by atoms with van der Waals surface area (Å²) in [6, 6.07) is 12.3. The van der Waals surface area contributed by atoms with Crippen molar-refractivity contribution in [1.29, 1.82) is 0 Å². The van der Waals surface area contributed by atoms with Crippen LogP contribution in [0.5, 0.6) is 5.75 Å². The topological polar surface area (TPSA) is 63.4 Å². The maximum Gasteiger partial charge on any atom is 0.311 e. The molecule has 0 aromatic heterocycles. The van der Waals surface area contributed by atoms with Crippen LogP contribution in [0.25, 0.3) is 0 Å². The summed E-state index contributed by atoms with van der Waals surface area (Å²) < 4.78 is 0. The van der Waals surface area contributed by atoms with Crippen LogP contribution in [0.3, 0.4) is 0 Å². The molecule has 18 heavy (non-hydrogen) atoms. The molecule has 2 aromatic carbocycles. The van der Waals surface area contributed by atoms with Crippen molar-refractivity contribution in [2.45, 2.75) is 16.7 Å². The fourth-order valence-corrected chi connectivity index (χ4v) is 2.31. The number of hydrogen-bond donors (Lipinski definition) is 1. The third-order valence-corrected chi connectivity index (χ3v) is 3.40. The van der Waals surface area contributed by atoms with E-state index in [1.807, 2.05) is 31.2 Å². The number of nitro groups is 1. The molecule has 0 radical (unpaired) electrons. The number of aryl methyl sites for hydroxylation is 1. The number of nitro benzene ring substituents is 1. The minimum atomic E-state index is -0.589. The van der Waals surface area contributed by atoms with Crippen LogP contribution in [0.1, 0.15) is 5.56 Å². The number of phenols is 1. The fourth-order valence-electron chi connectivity index (χ4n) is 1.46. The second-order valence-corrected chi connectivity index (χ2v) is 4.97. The van der Waals surface area contributed by atoms with Gasteiger partial charge in [0.25, 0.3) is 0 Å². The zero-order chi connectivity index (χ0) is 13.1. The van der Waals surface area contributed by atoms with Crippen LogP contribution in [-0.2, 0) is 0 Å². The quantitative estimate of drug-likeness (QED) is 0.675. The molecule has 2 aromatic rings. The first-order valence-electron chi connectivity index (χ1n) is 5.28. The standard InChI is InChI=1S/C13H11NO3S/c1-9-2-4-10(5-3-9)18-11-6-7-13(15)12(8-11)14(16)17/h2-8,15H,1H3. The summed E-state index contributed by atoms with van der Waals surface area (Å²) in [5.41, 5.74) is 0.892. The van der Waals surface area contributed by atoms with Gasteiger partial charge in [0.15, 0.2) is 5.75 Å². The number of hydrogen-bond acceptors (Lipinski definition) is 4. The van der Waals surface area contributed by atoms with Crippen molar-refractivity contribution in [3.8, 4) is 5.75 Å². The van der Waals surface area contributed by atoms with Crippen molar-refractivity contribution in [1.82, 2.24) is 0 Å². The lowest BCUT2D eigenvalue weighted by atomic mass is 10.2. The summed E-state index contributed by atoms with van der Waals surface area (Å²) in [6.45, 7) is 2.00. The Morgan fingerprint density at radius 3 is 2.33 bits per heavy atom. The van der Waals surface area contributed by atoms with E-state index < -0.39 is 4.92 Å². The van der Waals surface area contributed by atoms with Gasteiger partial charge in [0.05, 0.1) is 4.92 Å². The minimum absolute atomic E-state index is 0.271. The molecule has 4 nitrogen and oxygen atoms in total. The van der Waals surface area contributed by atoms with E-state index in [1.54, 1.807) is 6.07 Å². The van der Waals surface area contributed by atoms with Crippen molar-refractivity contribution in [2.75, 3.05) is 0 Å². The Labute approximate surface area is 108 Å². The summed E-state index contributed by atoms with van der Waals surface area (Å²) in [7, 11) is 0. The fraction of sp³-hybridized carbons (Fsp3) is 0.0769. The highest BCUT2D eigenvalue weighted by Crippen LogP contribution is 2.34. The van der Waals surface area contributed by atoms with E-state index in [0.29, 0.717) is 0 Å². The predicted molar refractivity (Wildman–Crippen MR) is 70.1 cm³/mol. The SMILES string of the molecule is Cc1ccc(Sc2ccc(O)c([N+](=O)[O-])c2)cc1. The average molecular weight is 261 g/mol. The van der Waals surface area contributed by atoms with Gasteiger partial charge in [0.1, 0.15) is 0 Å². The maximum absolute atomic E-state index is 10.7. The van der Waals surface area contributed by atoms with Gasteiger partial charge in [-0.05, 0) is 31.2 Å². The Morgan fingerprint density at radius 1 is 1.11 bits per heavy atom. The van der Waals surface area contributed by atoms with Crippen LogP contribution in [0.4, 0.5) is 5.69 Å². The smallest absolute Gasteiger partial charge is 0.311 e. The molecule has 92 valence electrons. The molecule has 0 aliphatic rings. The van der Waals surface area contributed by atoms with E-state index in [0.717, 1.165) is 15.4 Å². The Hall–Kier alpha value is -2.01. The van der Waals surface area contributed by atoms with E-state index in [9.17, 15) is 15.2 Å². The van der Waals surface area contributed by atoms with Gasteiger partial charge in [0, 0.05) is 15.9 Å². The maximum atomic E-state index is 10.7. The second-order valence-electron chi connectivity index (χ2n) is 3.82. The summed E-state index contributed by atoms with van der Waals surface area (Å²) in [4.78, 5) is 11.8. The Bertz CT molecular complexity index is 581. The van der Waals surface area contributed by atoms with Crippen LogP contribution in [0.2, 0.25) is 0 Å². The van der Waals surface area contributed by atoms with Crippen LogP contribution < -0.4 is 0 Å². The number of aromatic hydroxyl groups is 1. The number of rotatable bonds is 3. The van der Waals surface area contributed by atoms with Crippen molar-refractivity contribution in [2.24, 2.45) is 0 Å². The largest absolute Gasteiger partial charge is 0.502 e. The molecular weight excluding hydrogens is 250 g/mol.